The molecule has 0 aliphatic rings. The zero-order valence-corrected chi connectivity index (χ0v) is 11.4. The van der Waals surface area contributed by atoms with E-state index in [1.54, 1.807) is 36.7 Å². The third kappa shape index (κ3) is 4.01. The first-order valence-corrected chi connectivity index (χ1v) is 6.29. The molecule has 0 bridgehead atoms. The number of carbonyl (C=O) groups excluding carboxylic acids is 1. The molecule has 2 rings (SSSR count). The van der Waals surface area contributed by atoms with Crippen LogP contribution < -0.4 is 5.32 Å². The Morgan fingerprint density at radius 3 is 2.52 bits per heavy atom. The summed E-state index contributed by atoms with van der Waals surface area (Å²) in [4.78, 5) is 26.5. The van der Waals surface area contributed by atoms with Crippen molar-refractivity contribution in [2.75, 3.05) is 5.32 Å². The molecular weight excluding hydrogens is 268 g/mol. The molecule has 0 aliphatic carbocycles. The Labute approximate surface area is 122 Å². The van der Waals surface area contributed by atoms with Gasteiger partial charge in [0.15, 0.2) is 0 Å². The smallest absolute Gasteiger partial charge is 0.328 e. The lowest BCUT2D eigenvalue weighted by Crippen LogP contribution is -2.12. The van der Waals surface area contributed by atoms with Crippen molar-refractivity contribution in [3.05, 3.63) is 65.5 Å². The van der Waals surface area contributed by atoms with E-state index >= 15 is 0 Å². The van der Waals surface area contributed by atoms with E-state index < -0.39 is 5.97 Å². The van der Waals surface area contributed by atoms with Gasteiger partial charge in [0, 0.05) is 17.8 Å². The predicted octanol–water partition coefficient (Wildman–Crippen LogP) is 2.74. The zero-order chi connectivity index (χ0) is 15.2. The summed E-state index contributed by atoms with van der Waals surface area (Å²) in [6.07, 6.45) is 5.77. The predicted molar refractivity (Wildman–Crippen MR) is 80.0 cm³/mol. The summed E-state index contributed by atoms with van der Waals surface area (Å²) in [7, 11) is 0. The van der Waals surface area contributed by atoms with Crippen molar-refractivity contribution in [1.82, 2.24) is 4.98 Å². The molecule has 0 aliphatic heterocycles. The Hall–Kier alpha value is -2.95. The number of rotatable bonds is 4. The second-order valence-electron chi connectivity index (χ2n) is 4.44. The maximum Gasteiger partial charge on any atom is 0.328 e. The Morgan fingerprint density at radius 1 is 1.19 bits per heavy atom. The van der Waals surface area contributed by atoms with Gasteiger partial charge in [-0.1, -0.05) is 12.1 Å². The molecule has 0 saturated carbocycles. The van der Waals surface area contributed by atoms with Crippen molar-refractivity contribution in [1.29, 1.82) is 0 Å². The molecule has 1 aromatic heterocycles. The van der Waals surface area contributed by atoms with Crippen molar-refractivity contribution < 1.29 is 14.7 Å². The van der Waals surface area contributed by atoms with Gasteiger partial charge in [0.25, 0.3) is 5.91 Å². The Kier molecular flexibility index (Phi) is 4.46. The first kappa shape index (κ1) is 14.5. The number of aliphatic carboxylic acids is 1. The number of aryl methyl sites for hydroxylation is 1. The second kappa shape index (κ2) is 6.47. The summed E-state index contributed by atoms with van der Waals surface area (Å²) in [5.74, 6) is -1.25. The molecule has 2 aromatic rings. The van der Waals surface area contributed by atoms with Gasteiger partial charge < -0.3 is 10.4 Å². The quantitative estimate of drug-likeness (QED) is 0.845. The highest BCUT2D eigenvalue weighted by molar-refractivity contribution is 6.04. The molecule has 0 saturated heterocycles. The largest absolute Gasteiger partial charge is 0.478 e. The Morgan fingerprint density at radius 2 is 1.90 bits per heavy atom. The molecule has 1 aromatic carbocycles. The Bertz CT molecular complexity index is 691. The zero-order valence-electron chi connectivity index (χ0n) is 11.4. The fourth-order valence-electron chi connectivity index (χ4n) is 1.70. The van der Waals surface area contributed by atoms with Gasteiger partial charge in [0.1, 0.15) is 0 Å². The molecule has 2 N–H and O–H groups in total. The van der Waals surface area contributed by atoms with Crippen LogP contribution in [0.25, 0.3) is 6.08 Å². The standard InChI is InChI=1S/C16H14N2O3/c1-11-8-9-17-10-14(11)18-16(21)13-5-2-12(3-6-13)4-7-15(19)20/h2-10H,1H3,(H,18,21)(H,19,20). The molecule has 0 spiro atoms. The van der Waals surface area contributed by atoms with Crippen molar-refractivity contribution in [3.63, 3.8) is 0 Å². The number of hydrogen-bond donors (Lipinski definition) is 2. The summed E-state index contributed by atoms with van der Waals surface area (Å²) in [6, 6.07) is 8.47. The molecule has 5 nitrogen and oxygen atoms in total. The second-order valence-corrected chi connectivity index (χ2v) is 4.44. The van der Waals surface area contributed by atoms with Crippen LogP contribution in [0.2, 0.25) is 0 Å². The number of pyridine rings is 1. The molecule has 1 amide bonds. The normalized spacial score (nSPS) is 10.5. The van der Waals surface area contributed by atoms with E-state index in [9.17, 15) is 9.59 Å². The van der Waals surface area contributed by atoms with Crippen LogP contribution in [0, 0.1) is 6.92 Å². The number of nitrogens with zero attached hydrogens (tertiary/aromatic N) is 1. The molecular formula is C16H14N2O3. The maximum absolute atomic E-state index is 12.1. The van der Waals surface area contributed by atoms with Gasteiger partial charge in [-0.25, -0.2) is 4.79 Å². The number of carbonyl (C=O) groups is 2. The lowest BCUT2D eigenvalue weighted by atomic mass is 10.1. The summed E-state index contributed by atoms with van der Waals surface area (Å²) in [5, 5.41) is 11.3. The lowest BCUT2D eigenvalue weighted by molar-refractivity contribution is -0.131. The van der Waals surface area contributed by atoms with Crippen LogP contribution in [0.15, 0.2) is 48.8 Å². The van der Waals surface area contributed by atoms with Crippen LogP contribution in [0.1, 0.15) is 21.5 Å². The third-order valence-electron chi connectivity index (χ3n) is 2.88. The van der Waals surface area contributed by atoms with Crippen molar-refractivity contribution in [3.8, 4) is 0 Å². The van der Waals surface area contributed by atoms with Gasteiger partial charge in [-0.15, -0.1) is 0 Å². The van der Waals surface area contributed by atoms with Crippen LogP contribution in [0.4, 0.5) is 5.69 Å². The summed E-state index contributed by atoms with van der Waals surface area (Å²) in [6.45, 7) is 1.89. The molecule has 0 radical (unpaired) electrons. The fraction of sp³-hybridized carbons (Fsp3) is 0.0625. The highest BCUT2D eigenvalue weighted by Gasteiger charge is 2.07. The fourth-order valence-corrected chi connectivity index (χ4v) is 1.70. The average molecular weight is 282 g/mol. The van der Waals surface area contributed by atoms with E-state index in [4.69, 9.17) is 5.11 Å². The molecule has 21 heavy (non-hydrogen) atoms. The molecule has 0 fully saturated rings. The molecule has 106 valence electrons. The molecule has 0 atom stereocenters. The van der Waals surface area contributed by atoms with Gasteiger partial charge in [-0.05, 0) is 42.3 Å². The minimum Gasteiger partial charge on any atom is -0.478 e. The van der Waals surface area contributed by atoms with Crippen LogP contribution in [-0.4, -0.2) is 22.0 Å². The summed E-state index contributed by atoms with van der Waals surface area (Å²) >= 11 is 0. The number of carboxylic acids is 1. The van der Waals surface area contributed by atoms with E-state index in [-0.39, 0.29) is 5.91 Å². The van der Waals surface area contributed by atoms with Gasteiger partial charge in [-0.3, -0.25) is 9.78 Å². The maximum atomic E-state index is 12.1. The van der Waals surface area contributed by atoms with E-state index in [0.29, 0.717) is 16.8 Å². The minimum absolute atomic E-state index is 0.236. The number of carboxylic acid groups (broad SMARTS) is 1. The highest BCUT2D eigenvalue weighted by atomic mass is 16.4. The first-order valence-electron chi connectivity index (χ1n) is 6.29. The highest BCUT2D eigenvalue weighted by Crippen LogP contribution is 2.14. The van der Waals surface area contributed by atoms with Gasteiger partial charge in [0.05, 0.1) is 11.9 Å². The monoisotopic (exact) mass is 282 g/mol. The number of anilines is 1. The molecule has 1 heterocycles. The van der Waals surface area contributed by atoms with E-state index in [1.807, 2.05) is 13.0 Å². The van der Waals surface area contributed by atoms with Crippen LogP contribution >= 0.6 is 0 Å². The van der Waals surface area contributed by atoms with Crippen LogP contribution in [0.5, 0.6) is 0 Å². The number of hydrogen-bond acceptors (Lipinski definition) is 3. The number of aromatic nitrogens is 1. The average Bonchev–Trinajstić information content (AvgIpc) is 2.48. The first-order chi connectivity index (χ1) is 10.1. The van der Waals surface area contributed by atoms with Gasteiger partial charge in [0.2, 0.25) is 0 Å². The van der Waals surface area contributed by atoms with Crippen LogP contribution in [0.3, 0.4) is 0 Å². The van der Waals surface area contributed by atoms with Crippen LogP contribution in [-0.2, 0) is 4.79 Å². The minimum atomic E-state index is -1.01. The van der Waals surface area contributed by atoms with E-state index in [1.165, 1.54) is 6.08 Å². The van der Waals surface area contributed by atoms with Gasteiger partial charge >= 0.3 is 5.97 Å². The van der Waals surface area contributed by atoms with Crippen molar-refractivity contribution in [2.45, 2.75) is 6.92 Å². The van der Waals surface area contributed by atoms with E-state index in [2.05, 4.69) is 10.3 Å². The SMILES string of the molecule is Cc1ccncc1NC(=O)c1ccc(C=CC(=O)O)cc1. The van der Waals surface area contributed by atoms with Crippen molar-refractivity contribution in [2.24, 2.45) is 0 Å². The summed E-state index contributed by atoms with van der Waals surface area (Å²) < 4.78 is 0. The number of nitrogens with one attached hydrogen (secondary N) is 1. The van der Waals surface area contributed by atoms with Crippen molar-refractivity contribution >= 4 is 23.6 Å². The summed E-state index contributed by atoms with van der Waals surface area (Å²) in [5.41, 5.74) is 2.80. The van der Waals surface area contributed by atoms with E-state index in [0.717, 1.165) is 11.6 Å². The molecule has 5 heteroatoms. The molecule has 0 unspecified atom stereocenters. The number of benzene rings is 1. The lowest BCUT2D eigenvalue weighted by Gasteiger charge is -2.07. The van der Waals surface area contributed by atoms with Gasteiger partial charge in [-0.2, -0.15) is 0 Å². The topological polar surface area (TPSA) is 79.3 Å². The Balaban J connectivity index is 2.10. The number of amides is 1. The third-order valence-corrected chi connectivity index (χ3v) is 2.88.